The topological polar surface area (TPSA) is 109 Å². The van der Waals surface area contributed by atoms with E-state index in [0.29, 0.717) is 33.8 Å². The van der Waals surface area contributed by atoms with Crippen LogP contribution in [0.3, 0.4) is 0 Å². The molecule has 27 heavy (non-hydrogen) atoms. The van der Waals surface area contributed by atoms with Gasteiger partial charge in [0.2, 0.25) is 0 Å². The molecule has 0 N–H and O–H groups in total. The lowest BCUT2D eigenvalue weighted by molar-refractivity contribution is -0.384. The second-order valence-electron chi connectivity index (χ2n) is 5.59. The van der Waals surface area contributed by atoms with Crippen LogP contribution in [-0.4, -0.2) is 35.0 Å². The number of hydrogen-bond donors (Lipinski definition) is 0. The molecule has 0 radical (unpaired) electrons. The van der Waals surface area contributed by atoms with Gasteiger partial charge in [-0.1, -0.05) is 0 Å². The van der Waals surface area contributed by atoms with E-state index in [-0.39, 0.29) is 11.2 Å². The summed E-state index contributed by atoms with van der Waals surface area (Å²) in [6, 6.07) is 9.02. The maximum absolute atomic E-state index is 12.8. The van der Waals surface area contributed by atoms with Gasteiger partial charge in [0.15, 0.2) is 11.5 Å². The quantitative estimate of drug-likeness (QED) is 0.389. The summed E-state index contributed by atoms with van der Waals surface area (Å²) in [5.74, 6) is 1.28. The summed E-state index contributed by atoms with van der Waals surface area (Å²) >= 11 is 0. The van der Waals surface area contributed by atoms with Crippen molar-refractivity contribution < 1.29 is 14.4 Å². The first-order valence-electron chi connectivity index (χ1n) is 7.88. The minimum Gasteiger partial charge on any atom is -0.493 e. The molecular weight excluding hydrogens is 352 g/mol. The minimum absolute atomic E-state index is 0.0195. The van der Waals surface area contributed by atoms with Gasteiger partial charge < -0.3 is 9.47 Å². The fourth-order valence-corrected chi connectivity index (χ4v) is 2.56. The van der Waals surface area contributed by atoms with Gasteiger partial charge in [-0.25, -0.2) is 4.98 Å². The van der Waals surface area contributed by atoms with Gasteiger partial charge in [0.25, 0.3) is 11.2 Å². The normalized spacial score (nSPS) is 11.1. The maximum Gasteiger partial charge on any atom is 0.282 e. The Labute approximate surface area is 153 Å². The fourth-order valence-electron chi connectivity index (χ4n) is 2.56. The largest absolute Gasteiger partial charge is 0.493 e. The summed E-state index contributed by atoms with van der Waals surface area (Å²) in [7, 11) is 2.99. The summed E-state index contributed by atoms with van der Waals surface area (Å²) in [6.07, 6.45) is 1.44. The average Bonchev–Trinajstić information content (AvgIpc) is 2.67. The van der Waals surface area contributed by atoms with Gasteiger partial charge in [-0.2, -0.15) is 9.78 Å². The highest BCUT2D eigenvalue weighted by molar-refractivity contribution is 5.83. The standard InChI is InChI=1S/C18H16N4O5/c1-11-20-15-9-17(27-3)16(26-2)8-14(15)18(23)21(11)19-10-12-4-6-13(7-5-12)22(24)25/h4-10H,1-3H3. The predicted molar refractivity (Wildman–Crippen MR) is 99.9 cm³/mol. The van der Waals surface area contributed by atoms with Crippen LogP contribution < -0.4 is 15.0 Å². The van der Waals surface area contributed by atoms with Gasteiger partial charge in [-0.3, -0.25) is 14.9 Å². The molecular formula is C18H16N4O5. The molecule has 3 aromatic rings. The number of rotatable bonds is 5. The smallest absolute Gasteiger partial charge is 0.282 e. The first kappa shape index (κ1) is 18.1. The molecule has 9 heteroatoms. The van der Waals surface area contributed by atoms with E-state index in [9.17, 15) is 14.9 Å². The zero-order valence-electron chi connectivity index (χ0n) is 14.9. The van der Waals surface area contributed by atoms with Gasteiger partial charge >= 0.3 is 0 Å². The average molecular weight is 368 g/mol. The Morgan fingerprint density at radius 2 is 1.78 bits per heavy atom. The third kappa shape index (κ3) is 3.47. The molecule has 0 saturated carbocycles. The van der Waals surface area contributed by atoms with Crippen molar-refractivity contribution in [2.75, 3.05) is 14.2 Å². The zero-order valence-corrected chi connectivity index (χ0v) is 14.9. The molecule has 1 aromatic heterocycles. The lowest BCUT2D eigenvalue weighted by Gasteiger charge is -2.10. The SMILES string of the molecule is COc1cc2nc(C)n(N=Cc3ccc([N+](=O)[O-])cc3)c(=O)c2cc1OC. The zero-order chi connectivity index (χ0) is 19.6. The molecule has 0 saturated heterocycles. The van der Waals surface area contributed by atoms with E-state index in [2.05, 4.69) is 10.1 Å². The van der Waals surface area contributed by atoms with Crippen molar-refractivity contribution in [3.8, 4) is 11.5 Å². The second-order valence-corrected chi connectivity index (χ2v) is 5.59. The van der Waals surface area contributed by atoms with Crippen LogP contribution in [0.25, 0.3) is 10.9 Å². The molecule has 3 rings (SSSR count). The third-order valence-corrected chi connectivity index (χ3v) is 3.94. The molecule has 0 atom stereocenters. The number of nitrogens with zero attached hydrogens (tertiary/aromatic N) is 4. The van der Waals surface area contributed by atoms with Crippen molar-refractivity contribution in [3.63, 3.8) is 0 Å². The fraction of sp³-hybridized carbons (Fsp3) is 0.167. The summed E-state index contributed by atoms with van der Waals surface area (Å²) in [4.78, 5) is 27.4. The molecule has 0 amide bonds. The Kier molecular flexibility index (Phi) is 4.84. The first-order chi connectivity index (χ1) is 12.9. The monoisotopic (exact) mass is 368 g/mol. The first-order valence-corrected chi connectivity index (χ1v) is 7.88. The molecule has 2 aromatic carbocycles. The van der Waals surface area contributed by atoms with E-state index in [1.807, 2.05) is 0 Å². The van der Waals surface area contributed by atoms with Crippen LogP contribution >= 0.6 is 0 Å². The molecule has 0 fully saturated rings. The highest BCUT2D eigenvalue weighted by Crippen LogP contribution is 2.30. The van der Waals surface area contributed by atoms with Crippen molar-refractivity contribution in [1.82, 2.24) is 9.66 Å². The molecule has 0 aliphatic rings. The molecule has 0 spiro atoms. The Balaban J connectivity index is 2.06. The predicted octanol–water partition coefficient (Wildman–Crippen LogP) is 2.51. The van der Waals surface area contributed by atoms with E-state index in [1.165, 1.54) is 32.6 Å². The summed E-state index contributed by atoms with van der Waals surface area (Å²) in [6.45, 7) is 1.66. The number of methoxy groups -OCH3 is 2. The summed E-state index contributed by atoms with van der Waals surface area (Å²) in [5, 5.41) is 15.2. The Bertz CT molecular complexity index is 1100. The summed E-state index contributed by atoms with van der Waals surface area (Å²) < 4.78 is 11.6. The van der Waals surface area contributed by atoms with Crippen molar-refractivity contribution in [3.05, 3.63) is 68.3 Å². The van der Waals surface area contributed by atoms with E-state index in [4.69, 9.17) is 9.47 Å². The molecule has 0 aliphatic carbocycles. The molecule has 1 heterocycles. The maximum atomic E-state index is 12.8. The molecule has 9 nitrogen and oxygen atoms in total. The number of nitro groups is 1. The van der Waals surface area contributed by atoms with E-state index < -0.39 is 4.92 Å². The van der Waals surface area contributed by atoms with Gasteiger partial charge in [0.05, 0.1) is 36.3 Å². The number of hydrogen-bond acceptors (Lipinski definition) is 7. The molecule has 0 unspecified atom stereocenters. The number of aromatic nitrogens is 2. The van der Waals surface area contributed by atoms with E-state index >= 15 is 0 Å². The lowest BCUT2D eigenvalue weighted by atomic mass is 10.2. The van der Waals surface area contributed by atoms with E-state index in [1.54, 1.807) is 31.2 Å². The number of aryl methyl sites for hydroxylation is 1. The minimum atomic E-state index is -0.482. The number of nitro benzene ring substituents is 1. The lowest BCUT2D eigenvalue weighted by Crippen LogP contribution is -2.20. The summed E-state index contributed by atoms with van der Waals surface area (Å²) in [5.41, 5.74) is 0.696. The Morgan fingerprint density at radius 3 is 2.37 bits per heavy atom. The van der Waals surface area contributed by atoms with Crippen LogP contribution in [0, 0.1) is 17.0 Å². The van der Waals surface area contributed by atoms with E-state index in [0.717, 1.165) is 4.68 Å². The van der Waals surface area contributed by atoms with Crippen LogP contribution in [0.5, 0.6) is 11.5 Å². The van der Waals surface area contributed by atoms with Gasteiger partial charge in [-0.15, -0.1) is 0 Å². The highest BCUT2D eigenvalue weighted by Gasteiger charge is 2.13. The van der Waals surface area contributed by atoms with Gasteiger partial charge in [-0.05, 0) is 30.7 Å². The number of non-ortho nitro benzene ring substituents is 1. The molecule has 138 valence electrons. The number of fused-ring (bicyclic) bond motifs is 1. The molecule has 0 aliphatic heterocycles. The Hall–Kier alpha value is -3.75. The van der Waals surface area contributed by atoms with Crippen LogP contribution in [0.2, 0.25) is 0 Å². The van der Waals surface area contributed by atoms with Crippen LogP contribution in [0.15, 0.2) is 46.3 Å². The van der Waals surface area contributed by atoms with Crippen molar-refractivity contribution in [2.45, 2.75) is 6.92 Å². The van der Waals surface area contributed by atoms with Crippen molar-refractivity contribution in [1.29, 1.82) is 0 Å². The van der Waals surface area contributed by atoms with Crippen molar-refractivity contribution >= 4 is 22.8 Å². The highest BCUT2D eigenvalue weighted by atomic mass is 16.6. The van der Waals surface area contributed by atoms with Gasteiger partial charge in [0.1, 0.15) is 5.82 Å². The second kappa shape index (κ2) is 7.24. The Morgan fingerprint density at radius 1 is 1.15 bits per heavy atom. The van der Waals surface area contributed by atoms with Crippen LogP contribution in [0.1, 0.15) is 11.4 Å². The molecule has 0 bridgehead atoms. The van der Waals surface area contributed by atoms with Crippen LogP contribution in [-0.2, 0) is 0 Å². The number of benzene rings is 2. The van der Waals surface area contributed by atoms with Crippen LogP contribution in [0.4, 0.5) is 5.69 Å². The van der Waals surface area contributed by atoms with Gasteiger partial charge in [0, 0.05) is 18.2 Å². The third-order valence-electron chi connectivity index (χ3n) is 3.94. The van der Waals surface area contributed by atoms with Crippen molar-refractivity contribution in [2.24, 2.45) is 5.10 Å². The number of ether oxygens (including phenoxy) is 2.